The van der Waals surface area contributed by atoms with Crippen LogP contribution in [0.3, 0.4) is 0 Å². The van der Waals surface area contributed by atoms with Crippen molar-refractivity contribution in [2.75, 3.05) is 11.9 Å². The maximum Gasteiger partial charge on any atom is 0.343 e. The van der Waals surface area contributed by atoms with Crippen molar-refractivity contribution in [2.24, 2.45) is 0 Å². The van der Waals surface area contributed by atoms with Crippen molar-refractivity contribution >= 4 is 17.6 Å². The Balaban J connectivity index is 1.79. The van der Waals surface area contributed by atoms with Crippen LogP contribution in [-0.2, 0) is 4.79 Å². The molecule has 0 aromatic heterocycles. The predicted molar refractivity (Wildman–Crippen MR) is 71.9 cm³/mol. The summed E-state index contributed by atoms with van der Waals surface area (Å²) in [5, 5.41) is 2.63. The van der Waals surface area contributed by atoms with E-state index >= 15 is 0 Å². The summed E-state index contributed by atoms with van der Waals surface area (Å²) in [5.41, 5.74) is 0.624. The van der Waals surface area contributed by atoms with E-state index in [0.29, 0.717) is 11.4 Å². The third-order valence-electron chi connectivity index (χ3n) is 2.86. The number of anilines is 1. The van der Waals surface area contributed by atoms with E-state index in [2.05, 4.69) is 5.32 Å². The van der Waals surface area contributed by atoms with Gasteiger partial charge in [-0.1, -0.05) is 6.07 Å². The van der Waals surface area contributed by atoms with E-state index in [0.717, 1.165) is 6.07 Å². The highest BCUT2D eigenvalue weighted by molar-refractivity contribution is 5.96. The molecule has 1 heterocycles. The first kappa shape index (κ1) is 13.1. The molecule has 5 nitrogen and oxygen atoms in total. The number of fused-ring (bicyclic) bond motifs is 1. The number of amides is 1. The van der Waals surface area contributed by atoms with E-state index in [9.17, 15) is 14.0 Å². The quantitative estimate of drug-likeness (QED) is 0.680. The molecule has 0 spiro atoms. The zero-order valence-corrected chi connectivity index (χ0v) is 10.8. The first-order valence-electron chi connectivity index (χ1n) is 6.16. The molecule has 0 saturated carbocycles. The number of halogens is 1. The summed E-state index contributed by atoms with van der Waals surface area (Å²) in [5.74, 6) is -0.763. The molecule has 3 rings (SSSR count). The Morgan fingerprint density at radius 1 is 1.24 bits per heavy atom. The normalized spacial score (nSPS) is 12.9. The van der Waals surface area contributed by atoms with Gasteiger partial charge in [0.05, 0.1) is 11.3 Å². The molecule has 0 fully saturated rings. The van der Waals surface area contributed by atoms with Crippen molar-refractivity contribution in [3.05, 3.63) is 53.8 Å². The lowest BCUT2D eigenvalue weighted by molar-refractivity contribution is -0.118. The van der Waals surface area contributed by atoms with Gasteiger partial charge in [-0.25, -0.2) is 9.18 Å². The molecule has 106 valence electrons. The van der Waals surface area contributed by atoms with Crippen LogP contribution < -0.4 is 14.8 Å². The maximum absolute atomic E-state index is 13.1. The second-order valence-electron chi connectivity index (χ2n) is 4.39. The van der Waals surface area contributed by atoms with E-state index in [1.807, 2.05) is 0 Å². The van der Waals surface area contributed by atoms with Crippen LogP contribution in [0, 0.1) is 5.82 Å². The minimum Gasteiger partial charge on any atom is -0.481 e. The minimum absolute atomic E-state index is 0.0890. The summed E-state index contributed by atoms with van der Waals surface area (Å²) in [6, 6.07) is 9.80. The van der Waals surface area contributed by atoms with Crippen LogP contribution in [0.1, 0.15) is 10.4 Å². The van der Waals surface area contributed by atoms with Crippen molar-refractivity contribution in [2.45, 2.75) is 0 Å². The van der Waals surface area contributed by atoms with Gasteiger partial charge in [-0.15, -0.1) is 0 Å². The highest BCUT2D eigenvalue weighted by atomic mass is 19.1. The van der Waals surface area contributed by atoms with Crippen LogP contribution in [-0.4, -0.2) is 18.5 Å². The number of hydrogen-bond acceptors (Lipinski definition) is 4. The monoisotopic (exact) mass is 287 g/mol. The molecule has 0 radical (unpaired) electrons. The summed E-state index contributed by atoms with van der Waals surface area (Å²) in [4.78, 5) is 23.0. The van der Waals surface area contributed by atoms with Gasteiger partial charge >= 0.3 is 5.97 Å². The van der Waals surface area contributed by atoms with Gasteiger partial charge in [-0.3, -0.25) is 4.79 Å². The third kappa shape index (κ3) is 2.84. The smallest absolute Gasteiger partial charge is 0.343 e. The van der Waals surface area contributed by atoms with Crippen molar-refractivity contribution in [3.8, 4) is 11.5 Å². The topological polar surface area (TPSA) is 64.6 Å². The molecule has 1 N–H and O–H groups in total. The van der Waals surface area contributed by atoms with Crippen LogP contribution in [0.15, 0.2) is 42.5 Å². The maximum atomic E-state index is 13.1. The van der Waals surface area contributed by atoms with Gasteiger partial charge in [0.2, 0.25) is 0 Å². The minimum atomic E-state index is -0.672. The Morgan fingerprint density at radius 3 is 2.90 bits per heavy atom. The molecule has 1 aliphatic rings. The standard InChI is InChI=1S/C15H10FNO4/c16-10-3-1-2-9(6-10)15(19)21-11-4-5-12-13(7-11)20-8-14(18)17-12/h1-7H,8H2,(H,17,18). The Hall–Kier alpha value is -2.89. The number of rotatable bonds is 2. The zero-order valence-electron chi connectivity index (χ0n) is 10.8. The molecule has 0 atom stereocenters. The Morgan fingerprint density at radius 2 is 2.10 bits per heavy atom. The van der Waals surface area contributed by atoms with Gasteiger partial charge in [0.1, 0.15) is 17.3 Å². The molecule has 0 saturated heterocycles. The fourth-order valence-corrected chi connectivity index (χ4v) is 1.90. The molecule has 21 heavy (non-hydrogen) atoms. The van der Waals surface area contributed by atoms with Crippen molar-refractivity contribution in [3.63, 3.8) is 0 Å². The van der Waals surface area contributed by atoms with Gasteiger partial charge in [-0.2, -0.15) is 0 Å². The molecule has 1 amide bonds. The van der Waals surface area contributed by atoms with Crippen LogP contribution >= 0.6 is 0 Å². The van der Waals surface area contributed by atoms with Gasteiger partial charge in [-0.05, 0) is 30.3 Å². The summed E-state index contributed by atoms with van der Waals surface area (Å²) in [7, 11) is 0. The lowest BCUT2D eigenvalue weighted by Crippen LogP contribution is -2.25. The van der Waals surface area contributed by atoms with Gasteiger partial charge in [0.15, 0.2) is 6.61 Å². The average molecular weight is 287 g/mol. The number of carbonyl (C=O) groups is 2. The fraction of sp³-hybridized carbons (Fsp3) is 0.0667. The molecule has 1 aliphatic heterocycles. The second-order valence-corrected chi connectivity index (χ2v) is 4.39. The molecule has 0 bridgehead atoms. The third-order valence-corrected chi connectivity index (χ3v) is 2.86. The predicted octanol–water partition coefficient (Wildman–Crippen LogP) is 2.38. The van der Waals surface area contributed by atoms with Crippen LogP contribution in [0.25, 0.3) is 0 Å². The van der Waals surface area contributed by atoms with Crippen LogP contribution in [0.5, 0.6) is 11.5 Å². The molecule has 0 aliphatic carbocycles. The molecular formula is C15H10FNO4. The molecule has 6 heteroatoms. The number of carbonyl (C=O) groups excluding carboxylic acids is 2. The van der Waals surface area contributed by atoms with Crippen molar-refractivity contribution in [1.29, 1.82) is 0 Å². The zero-order chi connectivity index (χ0) is 14.8. The van der Waals surface area contributed by atoms with Crippen LogP contribution in [0.4, 0.5) is 10.1 Å². The van der Waals surface area contributed by atoms with E-state index in [1.54, 1.807) is 6.07 Å². The van der Waals surface area contributed by atoms with E-state index in [-0.39, 0.29) is 23.8 Å². The first-order chi connectivity index (χ1) is 10.1. The number of ether oxygens (including phenoxy) is 2. The summed E-state index contributed by atoms with van der Waals surface area (Å²) >= 11 is 0. The van der Waals surface area contributed by atoms with Crippen LogP contribution in [0.2, 0.25) is 0 Å². The lowest BCUT2D eigenvalue weighted by atomic mass is 10.2. The molecule has 0 unspecified atom stereocenters. The Bertz CT molecular complexity index is 729. The van der Waals surface area contributed by atoms with Crippen molar-refractivity contribution in [1.82, 2.24) is 0 Å². The summed E-state index contributed by atoms with van der Waals surface area (Å²) in [6.45, 7) is -0.0890. The highest BCUT2D eigenvalue weighted by Gasteiger charge is 2.17. The number of nitrogens with one attached hydrogen (secondary N) is 1. The second kappa shape index (κ2) is 5.24. The Kier molecular flexibility index (Phi) is 3.27. The highest BCUT2D eigenvalue weighted by Crippen LogP contribution is 2.31. The lowest BCUT2D eigenvalue weighted by Gasteiger charge is -2.18. The van der Waals surface area contributed by atoms with Gasteiger partial charge in [0.25, 0.3) is 5.91 Å². The number of benzene rings is 2. The molecular weight excluding hydrogens is 277 g/mol. The number of hydrogen-bond donors (Lipinski definition) is 1. The van der Waals surface area contributed by atoms with Gasteiger partial charge < -0.3 is 14.8 Å². The first-order valence-corrected chi connectivity index (χ1v) is 6.16. The molecule has 2 aromatic carbocycles. The van der Waals surface area contributed by atoms with Crippen molar-refractivity contribution < 1.29 is 23.5 Å². The largest absolute Gasteiger partial charge is 0.481 e. The fourth-order valence-electron chi connectivity index (χ4n) is 1.90. The van der Waals surface area contributed by atoms with E-state index in [4.69, 9.17) is 9.47 Å². The molecule has 2 aromatic rings. The van der Waals surface area contributed by atoms with E-state index < -0.39 is 11.8 Å². The SMILES string of the molecule is O=C1COc2cc(OC(=O)c3cccc(F)c3)ccc2N1. The number of esters is 1. The summed E-state index contributed by atoms with van der Waals surface area (Å²) in [6.07, 6.45) is 0. The van der Waals surface area contributed by atoms with Gasteiger partial charge in [0, 0.05) is 6.07 Å². The average Bonchev–Trinajstić information content (AvgIpc) is 2.47. The Labute approximate surface area is 119 Å². The van der Waals surface area contributed by atoms with E-state index in [1.165, 1.54) is 30.3 Å². The summed E-state index contributed by atoms with van der Waals surface area (Å²) < 4.78 is 23.4.